The number of amides is 1. The average Bonchev–Trinajstić information content (AvgIpc) is 3.13. The first kappa shape index (κ1) is 17.0. The normalized spacial score (nSPS) is 21.3. The summed E-state index contributed by atoms with van der Waals surface area (Å²) in [5, 5.41) is 4.80. The molecule has 2 aromatic carbocycles. The van der Waals surface area contributed by atoms with Crippen LogP contribution in [0.4, 0.5) is 5.69 Å². The van der Waals surface area contributed by atoms with Gasteiger partial charge in [0, 0.05) is 27.5 Å². The van der Waals surface area contributed by atoms with Gasteiger partial charge in [0.2, 0.25) is 0 Å². The molecule has 6 heteroatoms. The molecule has 138 valence electrons. The number of hydrogen-bond acceptors (Lipinski definition) is 3. The molecule has 3 aromatic rings. The minimum atomic E-state index is -0.859. The molecule has 1 amide bonds. The van der Waals surface area contributed by atoms with Gasteiger partial charge in [0.1, 0.15) is 0 Å². The van der Waals surface area contributed by atoms with Gasteiger partial charge < -0.3 is 4.98 Å². The number of anilines is 1. The second-order valence-electron chi connectivity index (χ2n) is 7.57. The first-order valence-corrected chi connectivity index (χ1v) is 9.93. The van der Waals surface area contributed by atoms with Gasteiger partial charge in [-0.1, -0.05) is 34.1 Å². The zero-order valence-corrected chi connectivity index (χ0v) is 16.9. The molecule has 1 spiro atoms. The Hall–Kier alpha value is -2.15. The Balaban J connectivity index is 1.81. The van der Waals surface area contributed by atoms with Crippen molar-refractivity contribution in [3.05, 3.63) is 63.8 Å². The van der Waals surface area contributed by atoms with Crippen LogP contribution in [-0.2, 0) is 16.8 Å². The fourth-order valence-electron chi connectivity index (χ4n) is 4.55. The summed E-state index contributed by atoms with van der Waals surface area (Å²) in [7, 11) is 3.97. The van der Waals surface area contributed by atoms with Crippen molar-refractivity contribution in [3.8, 4) is 0 Å². The van der Waals surface area contributed by atoms with Crippen molar-refractivity contribution in [2.24, 2.45) is 0 Å². The van der Waals surface area contributed by atoms with Gasteiger partial charge in [-0.2, -0.15) is 0 Å². The third-order valence-electron chi connectivity index (χ3n) is 5.60. The Bertz CT molecular complexity index is 1070. The number of rotatable bonds is 2. The summed E-state index contributed by atoms with van der Waals surface area (Å²) in [6.45, 7) is 1.31. The highest BCUT2D eigenvalue weighted by atomic mass is 79.9. The fourth-order valence-corrected chi connectivity index (χ4v) is 4.91. The minimum Gasteiger partial charge on any atom is -0.356 e. The lowest BCUT2D eigenvalue weighted by Gasteiger charge is -2.34. The summed E-state index contributed by atoms with van der Waals surface area (Å²) < 4.78 is 0.977. The zero-order valence-electron chi connectivity index (χ0n) is 15.3. The number of benzene rings is 2. The third kappa shape index (κ3) is 2.27. The van der Waals surface area contributed by atoms with E-state index in [1.54, 1.807) is 0 Å². The van der Waals surface area contributed by atoms with Crippen molar-refractivity contribution >= 4 is 38.4 Å². The predicted molar refractivity (Wildman–Crippen MR) is 111 cm³/mol. The molecule has 0 saturated heterocycles. The summed E-state index contributed by atoms with van der Waals surface area (Å²) in [4.78, 5) is 21.3. The van der Waals surface area contributed by atoms with Crippen molar-refractivity contribution in [3.63, 3.8) is 0 Å². The minimum absolute atomic E-state index is 0.0804. The summed E-state index contributed by atoms with van der Waals surface area (Å²) >= 11 is 3.60. The van der Waals surface area contributed by atoms with E-state index in [9.17, 15) is 4.79 Å². The quantitative estimate of drug-likeness (QED) is 0.663. The molecule has 0 unspecified atom stereocenters. The predicted octanol–water partition coefficient (Wildman–Crippen LogP) is 3.19. The van der Waals surface area contributed by atoms with Gasteiger partial charge in [-0.05, 0) is 50.3 Å². The van der Waals surface area contributed by atoms with Crippen molar-refractivity contribution < 1.29 is 4.79 Å². The Labute approximate surface area is 166 Å². The van der Waals surface area contributed by atoms with Crippen molar-refractivity contribution in [1.29, 1.82) is 0 Å². The molecule has 1 aromatic heterocycles. The van der Waals surface area contributed by atoms with Crippen LogP contribution in [0, 0.1) is 0 Å². The van der Waals surface area contributed by atoms with Crippen molar-refractivity contribution in [2.45, 2.75) is 12.0 Å². The largest absolute Gasteiger partial charge is 0.356 e. The highest BCUT2D eigenvalue weighted by Gasteiger charge is 2.55. The highest BCUT2D eigenvalue weighted by Crippen LogP contribution is 2.48. The Kier molecular flexibility index (Phi) is 3.73. The van der Waals surface area contributed by atoms with Gasteiger partial charge in [0.05, 0.1) is 18.1 Å². The smallest absolute Gasteiger partial charge is 0.259 e. The third-order valence-corrected chi connectivity index (χ3v) is 6.09. The molecule has 2 aliphatic rings. The number of aromatic nitrogens is 1. The van der Waals surface area contributed by atoms with E-state index in [0.717, 1.165) is 39.9 Å². The van der Waals surface area contributed by atoms with E-state index < -0.39 is 5.54 Å². The zero-order chi connectivity index (χ0) is 18.8. The molecule has 5 nitrogen and oxygen atoms in total. The van der Waals surface area contributed by atoms with Gasteiger partial charge in [0.25, 0.3) is 5.91 Å². The standard InChI is InChI=1S/C21H21BrN4O/c1-25(2)12-26-18-8-7-13(22)11-16(18)21(20(26)27)19-15(9-10-23-21)14-5-3-4-6-17(14)24-19/h3-8,11,23-24H,9-10,12H2,1-2H3/t21-/m0/s1. The van der Waals surface area contributed by atoms with E-state index in [-0.39, 0.29) is 5.91 Å². The molecule has 2 N–H and O–H groups in total. The monoisotopic (exact) mass is 424 g/mol. The molecule has 0 bridgehead atoms. The first-order valence-electron chi connectivity index (χ1n) is 9.14. The molecule has 0 saturated carbocycles. The molecule has 27 heavy (non-hydrogen) atoms. The van der Waals surface area contributed by atoms with Gasteiger partial charge in [-0.3, -0.25) is 19.9 Å². The summed E-state index contributed by atoms with van der Waals surface area (Å²) in [6.07, 6.45) is 0.908. The molecule has 2 aliphatic heterocycles. The lowest BCUT2D eigenvalue weighted by atomic mass is 9.82. The van der Waals surface area contributed by atoms with Crippen LogP contribution in [0.25, 0.3) is 10.9 Å². The number of nitrogens with one attached hydrogen (secondary N) is 2. The summed E-state index contributed by atoms with van der Waals surface area (Å²) in [5.41, 5.74) is 4.44. The molecule has 0 fully saturated rings. The molecule has 0 aliphatic carbocycles. The Morgan fingerprint density at radius 2 is 2.04 bits per heavy atom. The van der Waals surface area contributed by atoms with Crippen LogP contribution < -0.4 is 10.2 Å². The second kappa shape index (κ2) is 5.92. The second-order valence-corrected chi connectivity index (χ2v) is 8.48. The first-order chi connectivity index (χ1) is 13.0. The van der Waals surface area contributed by atoms with Crippen molar-refractivity contribution in [2.75, 3.05) is 32.2 Å². The fraction of sp³-hybridized carbons (Fsp3) is 0.286. The maximum absolute atomic E-state index is 13.8. The number of fused-ring (bicyclic) bond motifs is 6. The van der Waals surface area contributed by atoms with E-state index in [4.69, 9.17) is 0 Å². The van der Waals surface area contributed by atoms with Gasteiger partial charge in [-0.25, -0.2) is 0 Å². The van der Waals surface area contributed by atoms with Crippen molar-refractivity contribution in [1.82, 2.24) is 15.2 Å². The van der Waals surface area contributed by atoms with E-state index in [2.05, 4.69) is 50.5 Å². The van der Waals surface area contributed by atoms with Crippen LogP contribution in [0.15, 0.2) is 46.9 Å². The topological polar surface area (TPSA) is 51.4 Å². The molecular weight excluding hydrogens is 404 g/mol. The number of H-pyrrole nitrogens is 1. The van der Waals surface area contributed by atoms with E-state index in [1.807, 2.05) is 42.1 Å². The lowest BCUT2D eigenvalue weighted by Crippen LogP contribution is -2.55. The number of aromatic amines is 1. The maximum Gasteiger partial charge on any atom is 0.259 e. The van der Waals surface area contributed by atoms with Gasteiger partial charge >= 0.3 is 0 Å². The lowest BCUT2D eigenvalue weighted by molar-refractivity contribution is -0.123. The number of hydrogen-bond donors (Lipinski definition) is 2. The van der Waals surface area contributed by atoms with Crippen LogP contribution in [0.2, 0.25) is 0 Å². The molecule has 1 atom stereocenters. The highest BCUT2D eigenvalue weighted by molar-refractivity contribution is 9.10. The van der Waals surface area contributed by atoms with Crippen LogP contribution in [0.5, 0.6) is 0 Å². The van der Waals surface area contributed by atoms with E-state index >= 15 is 0 Å². The summed E-state index contributed by atoms with van der Waals surface area (Å²) in [6, 6.07) is 14.4. The Morgan fingerprint density at radius 3 is 2.85 bits per heavy atom. The number of halogens is 1. The Morgan fingerprint density at radius 1 is 1.22 bits per heavy atom. The van der Waals surface area contributed by atoms with E-state index in [0.29, 0.717) is 6.67 Å². The molecule has 5 rings (SSSR count). The molecular formula is C21H21BrN4O. The SMILES string of the molecule is CN(C)CN1C(=O)[C@]2(NCCc3c2[nH]c2ccccc32)c2cc(Br)ccc21. The van der Waals surface area contributed by atoms with Gasteiger partial charge in [0.15, 0.2) is 5.54 Å². The van der Waals surface area contributed by atoms with Crippen LogP contribution in [0.1, 0.15) is 16.8 Å². The van der Waals surface area contributed by atoms with Crippen LogP contribution in [-0.4, -0.2) is 43.1 Å². The summed E-state index contributed by atoms with van der Waals surface area (Å²) in [5.74, 6) is 0.0804. The maximum atomic E-state index is 13.8. The van der Waals surface area contributed by atoms with Crippen LogP contribution in [0.3, 0.4) is 0 Å². The van der Waals surface area contributed by atoms with Crippen LogP contribution >= 0.6 is 15.9 Å². The average molecular weight is 425 g/mol. The number of carbonyl (C=O) groups excluding carboxylic acids is 1. The van der Waals surface area contributed by atoms with Gasteiger partial charge in [-0.15, -0.1) is 0 Å². The molecule has 0 radical (unpaired) electrons. The number of nitrogens with zero attached hydrogens (tertiary/aromatic N) is 2. The number of carbonyl (C=O) groups is 1. The van der Waals surface area contributed by atoms with E-state index in [1.165, 1.54) is 10.9 Å². The molecule has 3 heterocycles. The number of para-hydroxylation sites is 1.